The van der Waals surface area contributed by atoms with Crippen molar-refractivity contribution in [1.29, 1.82) is 0 Å². The maximum Gasteiger partial charge on any atom is 0.232 e. The van der Waals surface area contributed by atoms with Gasteiger partial charge < -0.3 is 10.2 Å². The first-order valence-corrected chi connectivity index (χ1v) is 4.77. The minimum absolute atomic E-state index is 0.160. The van der Waals surface area contributed by atoms with E-state index < -0.39 is 0 Å². The van der Waals surface area contributed by atoms with Gasteiger partial charge in [0.15, 0.2) is 0 Å². The van der Waals surface area contributed by atoms with Crippen LogP contribution in [0.25, 0.3) is 0 Å². The summed E-state index contributed by atoms with van der Waals surface area (Å²) in [6.07, 6.45) is 2.58. The van der Waals surface area contributed by atoms with E-state index in [2.05, 4.69) is 17.1 Å². The number of rotatable bonds is 3. The highest BCUT2D eigenvalue weighted by atomic mass is 16.4. The molecule has 0 amide bonds. The van der Waals surface area contributed by atoms with Crippen molar-refractivity contribution in [2.45, 2.75) is 38.6 Å². The predicted molar refractivity (Wildman–Crippen MR) is 48.0 cm³/mol. The fraction of sp³-hybridized carbons (Fsp3) is 0.778. The van der Waals surface area contributed by atoms with Gasteiger partial charge in [0.1, 0.15) is 0 Å². The zero-order chi connectivity index (χ0) is 9.42. The summed E-state index contributed by atoms with van der Waals surface area (Å²) in [7, 11) is 0. The van der Waals surface area contributed by atoms with Crippen molar-refractivity contribution in [2.75, 3.05) is 0 Å². The third kappa shape index (κ3) is 1.72. The van der Waals surface area contributed by atoms with Crippen molar-refractivity contribution in [2.24, 2.45) is 11.7 Å². The lowest BCUT2D eigenvalue weighted by molar-refractivity contribution is 0.393. The minimum atomic E-state index is -0.160. The summed E-state index contributed by atoms with van der Waals surface area (Å²) in [6, 6.07) is -0.160. The molecular formula is C9H15N3O. The van der Waals surface area contributed by atoms with Crippen LogP contribution in [0.3, 0.4) is 0 Å². The lowest BCUT2D eigenvalue weighted by Gasteiger charge is -2.02. The van der Waals surface area contributed by atoms with Gasteiger partial charge in [0.05, 0.1) is 6.04 Å². The van der Waals surface area contributed by atoms with E-state index in [-0.39, 0.29) is 6.04 Å². The summed E-state index contributed by atoms with van der Waals surface area (Å²) in [6.45, 7) is 3.98. The molecule has 1 aliphatic rings. The lowest BCUT2D eigenvalue weighted by Crippen LogP contribution is -2.04. The van der Waals surface area contributed by atoms with Gasteiger partial charge in [-0.1, -0.05) is 6.92 Å². The molecule has 0 saturated heterocycles. The Kier molecular flexibility index (Phi) is 2.07. The molecule has 0 aliphatic heterocycles. The van der Waals surface area contributed by atoms with Crippen molar-refractivity contribution >= 4 is 0 Å². The average molecular weight is 181 g/mol. The second kappa shape index (κ2) is 3.10. The number of aromatic nitrogens is 2. The van der Waals surface area contributed by atoms with Gasteiger partial charge in [-0.25, -0.2) is 0 Å². The van der Waals surface area contributed by atoms with Crippen LogP contribution in [0.4, 0.5) is 0 Å². The lowest BCUT2D eigenvalue weighted by atomic mass is 10.1. The van der Waals surface area contributed by atoms with Crippen LogP contribution in [0.1, 0.15) is 50.4 Å². The fourth-order valence-corrected chi connectivity index (χ4v) is 1.41. The van der Waals surface area contributed by atoms with E-state index in [9.17, 15) is 0 Å². The van der Waals surface area contributed by atoms with Gasteiger partial charge >= 0.3 is 0 Å². The molecule has 0 aromatic carbocycles. The Hall–Kier alpha value is -0.900. The van der Waals surface area contributed by atoms with Crippen LogP contribution in [-0.2, 0) is 0 Å². The van der Waals surface area contributed by atoms with Crippen LogP contribution in [0.2, 0.25) is 0 Å². The zero-order valence-corrected chi connectivity index (χ0v) is 8.03. The molecular weight excluding hydrogens is 166 g/mol. The number of nitrogens with two attached hydrogens (primary N) is 1. The summed E-state index contributed by atoms with van der Waals surface area (Å²) in [5, 5.41) is 7.91. The molecule has 1 heterocycles. The third-order valence-electron chi connectivity index (χ3n) is 2.56. The molecule has 1 fully saturated rings. The van der Waals surface area contributed by atoms with Gasteiger partial charge in [0, 0.05) is 5.92 Å². The van der Waals surface area contributed by atoms with Crippen molar-refractivity contribution in [1.82, 2.24) is 10.2 Å². The van der Waals surface area contributed by atoms with E-state index in [0.717, 1.165) is 11.8 Å². The Bertz CT molecular complexity index is 291. The van der Waals surface area contributed by atoms with E-state index in [1.165, 1.54) is 12.8 Å². The molecule has 0 bridgehead atoms. The molecule has 1 aliphatic carbocycles. The maximum absolute atomic E-state index is 5.62. The fourth-order valence-electron chi connectivity index (χ4n) is 1.41. The minimum Gasteiger partial charge on any atom is -0.423 e. The highest BCUT2D eigenvalue weighted by Crippen LogP contribution is 2.41. The predicted octanol–water partition coefficient (Wildman–Crippen LogP) is 1.60. The summed E-state index contributed by atoms with van der Waals surface area (Å²) < 4.78 is 5.46. The quantitative estimate of drug-likeness (QED) is 0.769. The molecule has 1 aromatic rings. The average Bonchev–Trinajstić information content (AvgIpc) is 2.81. The Morgan fingerprint density at radius 3 is 2.38 bits per heavy atom. The number of nitrogens with zero attached hydrogens (tertiary/aromatic N) is 2. The van der Waals surface area contributed by atoms with Crippen molar-refractivity contribution in [3.63, 3.8) is 0 Å². The van der Waals surface area contributed by atoms with Crippen LogP contribution in [0.15, 0.2) is 4.42 Å². The second-order valence-corrected chi connectivity index (χ2v) is 3.89. The largest absolute Gasteiger partial charge is 0.423 e. The molecule has 13 heavy (non-hydrogen) atoms. The van der Waals surface area contributed by atoms with Gasteiger partial charge in [0.2, 0.25) is 11.8 Å². The SMILES string of the molecule is CC(N)c1nnc(C(C)C2CC2)o1. The van der Waals surface area contributed by atoms with Gasteiger partial charge in [-0.3, -0.25) is 0 Å². The molecule has 1 aromatic heterocycles. The zero-order valence-electron chi connectivity index (χ0n) is 8.03. The second-order valence-electron chi connectivity index (χ2n) is 3.89. The van der Waals surface area contributed by atoms with Gasteiger partial charge in [-0.15, -0.1) is 10.2 Å². The van der Waals surface area contributed by atoms with E-state index in [0.29, 0.717) is 11.8 Å². The van der Waals surface area contributed by atoms with E-state index in [1.54, 1.807) is 0 Å². The van der Waals surface area contributed by atoms with E-state index in [1.807, 2.05) is 6.92 Å². The molecule has 2 rings (SSSR count). The molecule has 0 radical (unpaired) electrons. The summed E-state index contributed by atoms with van der Waals surface area (Å²) >= 11 is 0. The number of hydrogen-bond acceptors (Lipinski definition) is 4. The van der Waals surface area contributed by atoms with Gasteiger partial charge in [-0.2, -0.15) is 0 Å². The third-order valence-corrected chi connectivity index (χ3v) is 2.56. The monoisotopic (exact) mass is 181 g/mol. The Balaban J connectivity index is 2.11. The van der Waals surface area contributed by atoms with Gasteiger partial charge in [-0.05, 0) is 25.7 Å². The number of hydrogen-bond donors (Lipinski definition) is 1. The highest BCUT2D eigenvalue weighted by Gasteiger charge is 2.32. The molecule has 2 atom stereocenters. The maximum atomic E-state index is 5.62. The first-order valence-electron chi connectivity index (χ1n) is 4.77. The van der Waals surface area contributed by atoms with E-state index >= 15 is 0 Å². The Morgan fingerprint density at radius 1 is 1.31 bits per heavy atom. The summed E-state index contributed by atoms with van der Waals surface area (Å²) in [5.74, 6) is 2.44. The summed E-state index contributed by atoms with van der Waals surface area (Å²) in [4.78, 5) is 0. The topological polar surface area (TPSA) is 64.9 Å². The standard InChI is InChI=1S/C9H15N3O/c1-5(7-3-4-7)8-11-12-9(13-8)6(2)10/h5-7H,3-4,10H2,1-2H3. The van der Waals surface area contributed by atoms with Crippen molar-refractivity contribution in [3.8, 4) is 0 Å². The molecule has 1 saturated carbocycles. The Morgan fingerprint density at radius 2 is 1.92 bits per heavy atom. The van der Waals surface area contributed by atoms with Crippen molar-refractivity contribution in [3.05, 3.63) is 11.8 Å². The van der Waals surface area contributed by atoms with Gasteiger partial charge in [0.25, 0.3) is 0 Å². The smallest absolute Gasteiger partial charge is 0.232 e. The normalized spacial score (nSPS) is 21.5. The van der Waals surface area contributed by atoms with Crippen molar-refractivity contribution < 1.29 is 4.42 Å². The van der Waals surface area contributed by atoms with E-state index in [4.69, 9.17) is 10.2 Å². The first-order chi connectivity index (χ1) is 6.18. The van der Waals surface area contributed by atoms with Crippen LogP contribution in [-0.4, -0.2) is 10.2 Å². The highest BCUT2D eigenvalue weighted by molar-refractivity contribution is 4.98. The molecule has 4 heteroatoms. The molecule has 0 spiro atoms. The molecule has 2 unspecified atom stereocenters. The van der Waals surface area contributed by atoms with Crippen LogP contribution < -0.4 is 5.73 Å². The van der Waals surface area contributed by atoms with Crippen LogP contribution in [0, 0.1) is 5.92 Å². The summed E-state index contributed by atoms with van der Waals surface area (Å²) in [5.41, 5.74) is 5.62. The Labute approximate surface area is 77.5 Å². The first kappa shape index (κ1) is 8.69. The molecule has 2 N–H and O–H groups in total. The molecule has 72 valence electrons. The van der Waals surface area contributed by atoms with Crippen LogP contribution >= 0.6 is 0 Å². The molecule has 4 nitrogen and oxygen atoms in total. The van der Waals surface area contributed by atoms with Crippen LogP contribution in [0.5, 0.6) is 0 Å².